The second-order valence-electron chi connectivity index (χ2n) is 6.08. The molecule has 122 valence electrons. The van der Waals surface area contributed by atoms with E-state index >= 15 is 0 Å². The molecule has 0 aromatic carbocycles. The lowest BCUT2D eigenvalue weighted by atomic mass is 10.0. The monoisotopic (exact) mass is 312 g/mol. The predicted octanol–water partition coefficient (Wildman–Crippen LogP) is 5.39. The highest BCUT2D eigenvalue weighted by atomic mass is 32.2. The summed E-state index contributed by atoms with van der Waals surface area (Å²) in [5.41, 5.74) is 2.86. The minimum atomic E-state index is -0.180. The Morgan fingerprint density at radius 1 is 1.19 bits per heavy atom. The first-order chi connectivity index (χ1) is 9.85. The molecule has 0 radical (unpaired) electrons. The molecule has 0 aromatic rings. The first kappa shape index (κ1) is 20.3. The summed E-state index contributed by atoms with van der Waals surface area (Å²) in [5.74, 6) is 0.419. The lowest BCUT2D eigenvalue weighted by Gasteiger charge is -2.12. The minimum Gasteiger partial charge on any atom is -0.466 e. The van der Waals surface area contributed by atoms with Crippen LogP contribution in [-0.2, 0) is 9.53 Å². The number of carbonyl (C=O) groups is 1. The number of hydrogen-bond donors (Lipinski definition) is 0. The third kappa shape index (κ3) is 12.7. The number of ether oxygens (including phenoxy) is 1. The maximum absolute atomic E-state index is 10.7. The molecule has 0 saturated heterocycles. The highest BCUT2D eigenvalue weighted by Crippen LogP contribution is 2.20. The molecule has 0 heterocycles. The Labute approximate surface area is 135 Å². The van der Waals surface area contributed by atoms with E-state index in [0.717, 1.165) is 25.7 Å². The first-order valence-corrected chi connectivity index (χ1v) is 9.10. The van der Waals surface area contributed by atoms with E-state index in [0.29, 0.717) is 17.8 Å². The molecule has 2 nitrogen and oxygen atoms in total. The Hall–Kier alpha value is -0.700. The largest absolute Gasteiger partial charge is 0.466 e. The van der Waals surface area contributed by atoms with Crippen LogP contribution in [0.15, 0.2) is 23.3 Å². The second kappa shape index (κ2) is 11.9. The Balaban J connectivity index is 4.00. The van der Waals surface area contributed by atoms with Crippen molar-refractivity contribution in [1.82, 2.24) is 0 Å². The summed E-state index contributed by atoms with van der Waals surface area (Å²) in [6.45, 7) is 10.8. The van der Waals surface area contributed by atoms with Gasteiger partial charge in [0.05, 0.1) is 6.61 Å². The lowest BCUT2D eigenvalue weighted by Crippen LogP contribution is -2.05. The van der Waals surface area contributed by atoms with Crippen molar-refractivity contribution in [3.8, 4) is 0 Å². The van der Waals surface area contributed by atoms with Gasteiger partial charge in [-0.1, -0.05) is 30.2 Å². The second-order valence-corrected chi connectivity index (χ2v) is 7.16. The molecular formula is C18H32O2S. The van der Waals surface area contributed by atoms with Crippen molar-refractivity contribution in [2.24, 2.45) is 5.92 Å². The van der Waals surface area contributed by atoms with Gasteiger partial charge in [0.15, 0.2) is 0 Å². The van der Waals surface area contributed by atoms with Gasteiger partial charge in [0.2, 0.25) is 0 Å². The van der Waals surface area contributed by atoms with Crippen molar-refractivity contribution >= 4 is 17.7 Å². The van der Waals surface area contributed by atoms with Crippen LogP contribution in [-0.4, -0.2) is 24.1 Å². The van der Waals surface area contributed by atoms with Gasteiger partial charge in [-0.2, -0.15) is 11.8 Å². The number of carbonyl (C=O) groups excluding carboxylic acids is 1. The standard InChI is InChI=1S/C18H32O2S/c1-14(2)12-18(21-6)13-16(4)9-7-8-15(3)10-11-20-17(5)19/h9,12,15,18H,7-8,10-11,13H2,1-6H3/b16-9-. The van der Waals surface area contributed by atoms with Crippen molar-refractivity contribution in [2.45, 2.75) is 65.6 Å². The highest BCUT2D eigenvalue weighted by molar-refractivity contribution is 7.99. The number of rotatable bonds is 10. The molecule has 21 heavy (non-hydrogen) atoms. The quantitative estimate of drug-likeness (QED) is 0.399. The molecule has 0 amide bonds. The van der Waals surface area contributed by atoms with E-state index in [-0.39, 0.29) is 5.97 Å². The Kier molecular flexibility index (Phi) is 11.5. The van der Waals surface area contributed by atoms with Crippen LogP contribution in [0, 0.1) is 5.92 Å². The van der Waals surface area contributed by atoms with Gasteiger partial charge in [-0.05, 0) is 58.6 Å². The van der Waals surface area contributed by atoms with Crippen LogP contribution in [0.3, 0.4) is 0 Å². The summed E-state index contributed by atoms with van der Waals surface area (Å²) >= 11 is 1.91. The average Bonchev–Trinajstić information content (AvgIpc) is 2.36. The fourth-order valence-electron chi connectivity index (χ4n) is 2.15. The van der Waals surface area contributed by atoms with Gasteiger partial charge in [-0.25, -0.2) is 0 Å². The molecule has 0 bridgehead atoms. The zero-order valence-electron chi connectivity index (χ0n) is 14.6. The lowest BCUT2D eigenvalue weighted by molar-refractivity contribution is -0.141. The van der Waals surface area contributed by atoms with Gasteiger partial charge in [-0.15, -0.1) is 0 Å². The zero-order valence-corrected chi connectivity index (χ0v) is 15.4. The molecule has 0 N–H and O–H groups in total. The Morgan fingerprint density at radius 3 is 2.38 bits per heavy atom. The summed E-state index contributed by atoms with van der Waals surface area (Å²) in [6, 6.07) is 0. The maximum atomic E-state index is 10.7. The van der Waals surface area contributed by atoms with Crippen molar-refractivity contribution in [3.63, 3.8) is 0 Å². The summed E-state index contributed by atoms with van der Waals surface area (Å²) < 4.78 is 4.98. The Bertz CT molecular complexity index is 354. The molecular weight excluding hydrogens is 280 g/mol. The van der Waals surface area contributed by atoms with Crippen molar-refractivity contribution in [1.29, 1.82) is 0 Å². The minimum absolute atomic E-state index is 0.180. The molecule has 0 rings (SSSR count). The predicted molar refractivity (Wildman–Crippen MR) is 94.8 cm³/mol. The third-order valence-corrected chi connectivity index (χ3v) is 4.32. The molecule has 0 aliphatic rings. The molecule has 0 aliphatic carbocycles. The van der Waals surface area contributed by atoms with E-state index in [1.54, 1.807) is 0 Å². The molecule has 2 atom stereocenters. The van der Waals surface area contributed by atoms with E-state index in [2.05, 4.69) is 46.1 Å². The molecule has 0 fully saturated rings. The normalized spacial score (nSPS) is 14.5. The van der Waals surface area contributed by atoms with Crippen LogP contribution in [0.25, 0.3) is 0 Å². The van der Waals surface area contributed by atoms with Crippen LogP contribution in [0.2, 0.25) is 0 Å². The number of esters is 1. The van der Waals surface area contributed by atoms with Crippen molar-refractivity contribution < 1.29 is 9.53 Å². The maximum Gasteiger partial charge on any atom is 0.302 e. The molecule has 0 aromatic heterocycles. The number of allylic oxidation sites excluding steroid dienone is 3. The van der Waals surface area contributed by atoms with Gasteiger partial charge in [-0.3, -0.25) is 4.79 Å². The van der Waals surface area contributed by atoms with E-state index in [9.17, 15) is 4.79 Å². The molecule has 3 heteroatoms. The fraction of sp³-hybridized carbons (Fsp3) is 0.722. The average molecular weight is 313 g/mol. The number of thioether (sulfide) groups is 1. The van der Waals surface area contributed by atoms with Crippen LogP contribution in [0.1, 0.15) is 60.3 Å². The van der Waals surface area contributed by atoms with Gasteiger partial charge >= 0.3 is 5.97 Å². The van der Waals surface area contributed by atoms with Crippen LogP contribution < -0.4 is 0 Å². The van der Waals surface area contributed by atoms with Gasteiger partial charge in [0.1, 0.15) is 0 Å². The van der Waals surface area contributed by atoms with Gasteiger partial charge < -0.3 is 4.74 Å². The Morgan fingerprint density at radius 2 is 1.86 bits per heavy atom. The van der Waals surface area contributed by atoms with Crippen LogP contribution >= 0.6 is 11.8 Å². The molecule has 0 aliphatic heterocycles. The molecule has 0 saturated carbocycles. The van der Waals surface area contributed by atoms with Crippen LogP contribution in [0.5, 0.6) is 0 Å². The van der Waals surface area contributed by atoms with Crippen molar-refractivity contribution in [3.05, 3.63) is 23.3 Å². The van der Waals surface area contributed by atoms with Gasteiger partial charge in [0, 0.05) is 12.2 Å². The molecule has 2 unspecified atom stereocenters. The van der Waals surface area contributed by atoms with Gasteiger partial charge in [0.25, 0.3) is 0 Å². The zero-order chi connectivity index (χ0) is 16.3. The summed E-state index contributed by atoms with van der Waals surface area (Å²) in [4.78, 5) is 10.7. The smallest absolute Gasteiger partial charge is 0.302 e. The summed E-state index contributed by atoms with van der Waals surface area (Å²) in [5, 5.41) is 0.590. The first-order valence-electron chi connectivity index (χ1n) is 7.82. The highest BCUT2D eigenvalue weighted by Gasteiger charge is 2.05. The number of hydrogen-bond acceptors (Lipinski definition) is 3. The van der Waals surface area contributed by atoms with E-state index in [1.165, 1.54) is 18.1 Å². The van der Waals surface area contributed by atoms with E-state index < -0.39 is 0 Å². The third-order valence-electron chi connectivity index (χ3n) is 3.41. The molecule has 0 spiro atoms. The van der Waals surface area contributed by atoms with E-state index in [4.69, 9.17) is 4.74 Å². The van der Waals surface area contributed by atoms with Crippen LogP contribution in [0.4, 0.5) is 0 Å². The van der Waals surface area contributed by atoms with Crippen molar-refractivity contribution in [2.75, 3.05) is 12.9 Å². The SMILES string of the molecule is CSC(C=C(C)C)C/C(C)=C\CCC(C)CCOC(C)=O. The fourth-order valence-corrected chi connectivity index (χ4v) is 2.98. The van der Waals surface area contributed by atoms with E-state index in [1.807, 2.05) is 11.8 Å². The summed E-state index contributed by atoms with van der Waals surface area (Å²) in [6.07, 6.45) is 11.3. The topological polar surface area (TPSA) is 26.3 Å². The summed E-state index contributed by atoms with van der Waals surface area (Å²) in [7, 11) is 0.